The van der Waals surface area contributed by atoms with Gasteiger partial charge in [-0.2, -0.15) is 16.8 Å². The lowest BCUT2D eigenvalue weighted by Crippen LogP contribution is -2.00. The van der Waals surface area contributed by atoms with E-state index in [4.69, 9.17) is 32.2 Å². The Bertz CT molecular complexity index is 879. The van der Waals surface area contributed by atoms with Crippen LogP contribution in [0.2, 0.25) is 5.02 Å². The molecule has 0 unspecified atom stereocenters. The minimum Gasteiger partial charge on any atom is -0.398 e. The Morgan fingerprint density at radius 2 is 1.29 bits per heavy atom. The van der Waals surface area contributed by atoms with Crippen molar-refractivity contribution < 1.29 is 25.9 Å². The lowest BCUT2D eigenvalue weighted by Gasteiger charge is -2.01. The summed E-state index contributed by atoms with van der Waals surface area (Å²) in [6.45, 7) is 1.75. The summed E-state index contributed by atoms with van der Waals surface area (Å²) in [7, 11) is -8.30. The van der Waals surface area contributed by atoms with Gasteiger partial charge in [0.05, 0.1) is 20.5 Å². The summed E-state index contributed by atoms with van der Waals surface area (Å²) in [5, 5.41) is 0.102. The first-order valence-electron chi connectivity index (χ1n) is 6.18. The molecule has 0 atom stereocenters. The summed E-state index contributed by atoms with van der Waals surface area (Å²) >= 11 is 5.52. The molecule has 0 aliphatic carbocycles. The van der Waals surface area contributed by atoms with Crippen LogP contribution in [-0.2, 0) is 20.2 Å². The van der Waals surface area contributed by atoms with E-state index in [-0.39, 0.29) is 20.5 Å². The third kappa shape index (κ3) is 5.65. The molecule has 2 aromatic rings. The second kappa shape index (κ2) is 7.36. The first kappa shape index (κ1) is 20.2. The van der Waals surface area contributed by atoms with Gasteiger partial charge in [-0.3, -0.25) is 9.11 Å². The fourth-order valence-electron chi connectivity index (χ4n) is 1.45. The summed E-state index contributed by atoms with van der Waals surface area (Å²) in [6.07, 6.45) is 0. The summed E-state index contributed by atoms with van der Waals surface area (Å²) in [6, 6.07) is 7.65. The van der Waals surface area contributed by atoms with Gasteiger partial charge in [0.15, 0.2) is 0 Å². The predicted octanol–water partition coefficient (Wildman–Crippen LogP) is 1.99. The van der Waals surface area contributed by atoms with Crippen molar-refractivity contribution >= 4 is 43.2 Å². The molecule has 24 heavy (non-hydrogen) atoms. The number of nitrogen functional groups attached to an aromatic ring is 2. The molecular weight excluding hydrogens is 380 g/mol. The number of nitrogens with two attached hydrogens (primary N) is 2. The maximum atomic E-state index is 10.6. The SMILES string of the molecule is Cc1ccc(S(=O)(=O)O)cc1N.Nc1ccc(S(=O)(=O)O)cc1Cl. The molecule has 0 aromatic heterocycles. The van der Waals surface area contributed by atoms with Crippen LogP contribution < -0.4 is 11.5 Å². The summed E-state index contributed by atoms with van der Waals surface area (Å²) in [5.74, 6) is 0. The summed E-state index contributed by atoms with van der Waals surface area (Å²) in [4.78, 5) is -0.438. The number of halogens is 1. The summed E-state index contributed by atoms with van der Waals surface area (Å²) in [5.41, 5.74) is 12.2. The van der Waals surface area contributed by atoms with Crippen molar-refractivity contribution in [2.45, 2.75) is 16.7 Å². The average Bonchev–Trinajstić information content (AvgIpc) is 2.43. The monoisotopic (exact) mass is 394 g/mol. The topological polar surface area (TPSA) is 161 Å². The zero-order valence-electron chi connectivity index (χ0n) is 12.3. The van der Waals surface area contributed by atoms with Crippen LogP contribution in [0, 0.1) is 6.92 Å². The molecule has 6 N–H and O–H groups in total. The number of rotatable bonds is 2. The predicted molar refractivity (Wildman–Crippen MR) is 91.1 cm³/mol. The fourth-order valence-corrected chi connectivity index (χ4v) is 2.72. The Hall–Kier alpha value is -1.85. The first-order chi connectivity index (χ1) is 10.8. The van der Waals surface area contributed by atoms with Crippen LogP contribution in [0.25, 0.3) is 0 Å². The third-order valence-corrected chi connectivity index (χ3v) is 4.84. The maximum absolute atomic E-state index is 10.6. The Morgan fingerprint density at radius 1 is 0.833 bits per heavy atom. The van der Waals surface area contributed by atoms with E-state index >= 15 is 0 Å². The van der Waals surface area contributed by atoms with Crippen molar-refractivity contribution in [2.24, 2.45) is 0 Å². The van der Waals surface area contributed by atoms with Crippen molar-refractivity contribution in [1.82, 2.24) is 0 Å². The van der Waals surface area contributed by atoms with Crippen LogP contribution in [0.4, 0.5) is 11.4 Å². The summed E-state index contributed by atoms with van der Waals surface area (Å²) < 4.78 is 59.5. The standard InChI is InChI=1S/C7H9NO3S.C6H6ClNO3S/c1-5-2-3-6(4-7(5)8)12(9,10)11;7-5-3-4(12(9,10)11)1-2-6(5)8/h2-4H,8H2,1H3,(H,9,10,11);1-3H,8H2,(H,9,10,11). The molecule has 0 amide bonds. The molecule has 0 bridgehead atoms. The second-order valence-corrected chi connectivity index (χ2v) is 7.90. The van der Waals surface area contributed by atoms with E-state index < -0.39 is 20.2 Å². The number of anilines is 2. The van der Waals surface area contributed by atoms with Gasteiger partial charge < -0.3 is 11.5 Å². The molecule has 0 aliphatic rings. The second-order valence-electron chi connectivity index (χ2n) is 4.65. The molecule has 8 nitrogen and oxygen atoms in total. The van der Waals surface area contributed by atoms with Gasteiger partial charge in [-0.1, -0.05) is 17.7 Å². The van der Waals surface area contributed by atoms with Gasteiger partial charge in [-0.25, -0.2) is 0 Å². The molecule has 0 aliphatic heterocycles. The molecule has 0 heterocycles. The Morgan fingerprint density at radius 3 is 1.71 bits per heavy atom. The van der Waals surface area contributed by atoms with E-state index in [1.165, 1.54) is 24.3 Å². The average molecular weight is 395 g/mol. The van der Waals surface area contributed by atoms with E-state index in [0.717, 1.165) is 11.6 Å². The Labute approximate surface area is 144 Å². The fraction of sp³-hybridized carbons (Fsp3) is 0.0769. The zero-order valence-corrected chi connectivity index (χ0v) is 14.7. The number of benzene rings is 2. The third-order valence-electron chi connectivity index (χ3n) is 2.82. The minimum atomic E-state index is -4.18. The minimum absolute atomic E-state index is 0.102. The number of aryl methyl sites for hydroxylation is 1. The van der Waals surface area contributed by atoms with Crippen LogP contribution in [-0.4, -0.2) is 25.9 Å². The van der Waals surface area contributed by atoms with Crippen molar-refractivity contribution in [2.75, 3.05) is 11.5 Å². The van der Waals surface area contributed by atoms with Crippen molar-refractivity contribution in [3.63, 3.8) is 0 Å². The van der Waals surface area contributed by atoms with Crippen molar-refractivity contribution in [3.8, 4) is 0 Å². The highest BCUT2D eigenvalue weighted by Crippen LogP contribution is 2.22. The maximum Gasteiger partial charge on any atom is 0.294 e. The van der Waals surface area contributed by atoms with E-state index in [1.54, 1.807) is 13.0 Å². The first-order valence-corrected chi connectivity index (χ1v) is 9.44. The van der Waals surface area contributed by atoms with Gasteiger partial charge in [0.2, 0.25) is 0 Å². The molecule has 0 spiro atoms. The van der Waals surface area contributed by atoms with Crippen molar-refractivity contribution in [3.05, 3.63) is 47.0 Å². The van der Waals surface area contributed by atoms with Crippen LogP contribution in [0.5, 0.6) is 0 Å². The van der Waals surface area contributed by atoms with Gasteiger partial charge in [0, 0.05) is 5.69 Å². The molecular formula is C13H15ClN2O6S2. The van der Waals surface area contributed by atoms with Crippen LogP contribution in [0.3, 0.4) is 0 Å². The smallest absolute Gasteiger partial charge is 0.294 e. The van der Waals surface area contributed by atoms with Crippen LogP contribution >= 0.6 is 11.6 Å². The van der Waals surface area contributed by atoms with Gasteiger partial charge in [0.1, 0.15) is 0 Å². The quantitative estimate of drug-likeness (QED) is 0.444. The highest BCUT2D eigenvalue weighted by Gasteiger charge is 2.10. The number of hydrogen-bond donors (Lipinski definition) is 4. The van der Waals surface area contributed by atoms with Gasteiger partial charge in [-0.05, 0) is 42.8 Å². The van der Waals surface area contributed by atoms with Gasteiger partial charge >= 0.3 is 0 Å². The molecule has 0 saturated heterocycles. The lowest BCUT2D eigenvalue weighted by atomic mass is 10.2. The number of hydrogen-bond acceptors (Lipinski definition) is 6. The van der Waals surface area contributed by atoms with Crippen molar-refractivity contribution in [1.29, 1.82) is 0 Å². The molecule has 132 valence electrons. The molecule has 2 rings (SSSR count). The molecule has 0 radical (unpaired) electrons. The normalized spacial score (nSPS) is 11.5. The highest BCUT2D eigenvalue weighted by molar-refractivity contribution is 7.86. The largest absolute Gasteiger partial charge is 0.398 e. The molecule has 0 saturated carbocycles. The van der Waals surface area contributed by atoms with E-state index in [2.05, 4.69) is 0 Å². The van der Waals surface area contributed by atoms with Crippen LogP contribution in [0.1, 0.15) is 5.56 Å². The van der Waals surface area contributed by atoms with E-state index in [0.29, 0.717) is 5.69 Å². The van der Waals surface area contributed by atoms with E-state index in [9.17, 15) is 16.8 Å². The van der Waals surface area contributed by atoms with Gasteiger partial charge in [0.25, 0.3) is 20.2 Å². The Balaban J connectivity index is 0.000000240. The zero-order chi connectivity index (χ0) is 18.7. The lowest BCUT2D eigenvalue weighted by molar-refractivity contribution is 0.481. The molecule has 11 heteroatoms. The van der Waals surface area contributed by atoms with Gasteiger partial charge in [-0.15, -0.1) is 0 Å². The van der Waals surface area contributed by atoms with E-state index in [1.807, 2.05) is 0 Å². The molecule has 2 aromatic carbocycles. The Kier molecular flexibility index (Phi) is 6.20. The molecule has 0 fully saturated rings. The van der Waals surface area contributed by atoms with Crippen LogP contribution in [0.15, 0.2) is 46.2 Å². The highest BCUT2D eigenvalue weighted by atomic mass is 35.5.